The van der Waals surface area contributed by atoms with Crippen molar-refractivity contribution in [2.45, 2.75) is 44.7 Å². The quantitative estimate of drug-likeness (QED) is 0.866. The third kappa shape index (κ3) is 2.71. The van der Waals surface area contributed by atoms with Crippen molar-refractivity contribution in [2.24, 2.45) is 5.73 Å². The van der Waals surface area contributed by atoms with Crippen molar-refractivity contribution in [1.29, 1.82) is 0 Å². The Morgan fingerprint density at radius 3 is 2.68 bits per heavy atom. The van der Waals surface area contributed by atoms with E-state index in [1.807, 2.05) is 6.07 Å². The molecule has 0 bridgehead atoms. The molecule has 0 radical (unpaired) electrons. The van der Waals surface area contributed by atoms with Crippen LogP contribution >= 0.6 is 0 Å². The van der Waals surface area contributed by atoms with E-state index >= 15 is 0 Å². The third-order valence-electron chi connectivity index (χ3n) is 3.98. The van der Waals surface area contributed by atoms with Gasteiger partial charge in [-0.3, -0.25) is 4.98 Å². The number of fused-ring (bicyclic) bond motifs is 1. The second-order valence-corrected chi connectivity index (χ2v) is 5.58. The van der Waals surface area contributed by atoms with Crippen molar-refractivity contribution in [1.82, 2.24) is 4.98 Å². The van der Waals surface area contributed by atoms with E-state index in [2.05, 4.69) is 41.5 Å². The van der Waals surface area contributed by atoms with Gasteiger partial charge in [0.05, 0.1) is 5.52 Å². The van der Waals surface area contributed by atoms with Crippen molar-refractivity contribution in [2.75, 3.05) is 5.32 Å². The summed E-state index contributed by atoms with van der Waals surface area (Å²) in [6.45, 7) is 2.05. The maximum atomic E-state index is 5.97. The summed E-state index contributed by atoms with van der Waals surface area (Å²) in [5, 5.41) is 4.90. The molecule has 0 aliphatic heterocycles. The first kappa shape index (κ1) is 12.4. The van der Waals surface area contributed by atoms with Crippen LogP contribution in [-0.4, -0.2) is 17.1 Å². The normalized spacial score (nSPS) is 23.5. The van der Waals surface area contributed by atoms with E-state index < -0.39 is 0 Å². The van der Waals surface area contributed by atoms with Crippen LogP contribution < -0.4 is 11.1 Å². The van der Waals surface area contributed by atoms with Crippen LogP contribution in [0.4, 0.5) is 5.69 Å². The summed E-state index contributed by atoms with van der Waals surface area (Å²) < 4.78 is 0. The first-order valence-corrected chi connectivity index (χ1v) is 7.11. The van der Waals surface area contributed by atoms with Gasteiger partial charge in [0.25, 0.3) is 0 Å². The Labute approximate surface area is 114 Å². The highest BCUT2D eigenvalue weighted by Crippen LogP contribution is 2.27. The summed E-state index contributed by atoms with van der Waals surface area (Å²) in [4.78, 5) is 4.58. The summed E-state index contributed by atoms with van der Waals surface area (Å²) in [7, 11) is 0. The first-order chi connectivity index (χ1) is 9.22. The standard InChI is InChI=1S/C16H21N3/c1-11-10-16(14-4-2-3-5-15(14)18-11)19-13-8-6-12(17)7-9-13/h2-5,10,12-13H,6-9,17H2,1H3,(H,18,19). The fourth-order valence-electron chi connectivity index (χ4n) is 2.91. The highest BCUT2D eigenvalue weighted by atomic mass is 14.9. The van der Waals surface area contributed by atoms with Crippen LogP contribution in [0.15, 0.2) is 30.3 Å². The van der Waals surface area contributed by atoms with E-state index in [0.29, 0.717) is 12.1 Å². The number of anilines is 1. The zero-order valence-corrected chi connectivity index (χ0v) is 11.4. The number of nitrogens with one attached hydrogen (secondary N) is 1. The lowest BCUT2D eigenvalue weighted by Crippen LogP contribution is -2.32. The molecule has 2 aromatic rings. The van der Waals surface area contributed by atoms with Crippen LogP contribution in [0.5, 0.6) is 0 Å². The minimum atomic E-state index is 0.397. The Kier molecular flexibility index (Phi) is 3.38. The van der Waals surface area contributed by atoms with Gasteiger partial charge in [-0.05, 0) is 44.7 Å². The molecule has 0 spiro atoms. The monoisotopic (exact) mass is 255 g/mol. The topological polar surface area (TPSA) is 50.9 Å². The number of aromatic nitrogens is 1. The second kappa shape index (κ2) is 5.17. The number of aryl methyl sites for hydroxylation is 1. The fourth-order valence-corrected chi connectivity index (χ4v) is 2.91. The molecule has 3 heteroatoms. The molecule has 19 heavy (non-hydrogen) atoms. The van der Waals surface area contributed by atoms with Crippen molar-refractivity contribution < 1.29 is 0 Å². The molecule has 3 N–H and O–H groups in total. The molecular weight excluding hydrogens is 234 g/mol. The van der Waals surface area contributed by atoms with Crippen molar-refractivity contribution in [3.05, 3.63) is 36.0 Å². The van der Waals surface area contributed by atoms with Crippen molar-refractivity contribution in [3.8, 4) is 0 Å². The number of rotatable bonds is 2. The number of hydrogen-bond acceptors (Lipinski definition) is 3. The molecule has 3 rings (SSSR count). The molecule has 1 fully saturated rings. The highest BCUT2D eigenvalue weighted by molar-refractivity contribution is 5.91. The summed E-state index contributed by atoms with van der Waals surface area (Å²) in [5.74, 6) is 0. The Balaban J connectivity index is 1.88. The van der Waals surface area contributed by atoms with Gasteiger partial charge in [-0.2, -0.15) is 0 Å². The maximum Gasteiger partial charge on any atom is 0.0725 e. The zero-order chi connectivity index (χ0) is 13.2. The predicted octanol–water partition coefficient (Wildman–Crippen LogP) is 3.23. The minimum absolute atomic E-state index is 0.397. The van der Waals surface area contributed by atoms with E-state index in [1.165, 1.54) is 11.1 Å². The smallest absolute Gasteiger partial charge is 0.0725 e. The molecule has 3 nitrogen and oxygen atoms in total. The van der Waals surface area contributed by atoms with Crippen LogP contribution in [0, 0.1) is 6.92 Å². The summed E-state index contributed by atoms with van der Waals surface area (Å²) in [6.07, 6.45) is 4.58. The molecule has 100 valence electrons. The average Bonchev–Trinajstić information content (AvgIpc) is 2.41. The average molecular weight is 255 g/mol. The van der Waals surface area contributed by atoms with Gasteiger partial charge in [-0.15, -0.1) is 0 Å². The molecule has 0 atom stereocenters. The van der Waals surface area contributed by atoms with E-state index in [9.17, 15) is 0 Å². The van der Waals surface area contributed by atoms with Crippen LogP contribution in [0.25, 0.3) is 10.9 Å². The van der Waals surface area contributed by atoms with Crippen molar-refractivity contribution in [3.63, 3.8) is 0 Å². The van der Waals surface area contributed by atoms with Gasteiger partial charge in [0.15, 0.2) is 0 Å². The van der Waals surface area contributed by atoms with Gasteiger partial charge in [0.2, 0.25) is 0 Å². The number of para-hydroxylation sites is 1. The SMILES string of the molecule is Cc1cc(NC2CCC(N)CC2)c2ccccc2n1. The molecular formula is C16H21N3. The van der Waals surface area contributed by atoms with Gasteiger partial charge in [0.1, 0.15) is 0 Å². The number of benzene rings is 1. The molecule has 1 aliphatic rings. The van der Waals surface area contributed by atoms with E-state index in [4.69, 9.17) is 5.73 Å². The fraction of sp³-hybridized carbons (Fsp3) is 0.438. The maximum absolute atomic E-state index is 5.97. The molecule has 0 amide bonds. The van der Waals surface area contributed by atoms with Gasteiger partial charge in [0, 0.05) is 28.9 Å². The first-order valence-electron chi connectivity index (χ1n) is 7.11. The molecule has 1 aliphatic carbocycles. The van der Waals surface area contributed by atoms with Gasteiger partial charge < -0.3 is 11.1 Å². The van der Waals surface area contributed by atoms with E-state index in [-0.39, 0.29) is 0 Å². The lowest BCUT2D eigenvalue weighted by molar-refractivity contribution is 0.411. The molecule has 1 aromatic carbocycles. The minimum Gasteiger partial charge on any atom is -0.382 e. The number of nitrogens with zero attached hydrogens (tertiary/aromatic N) is 1. The zero-order valence-electron chi connectivity index (χ0n) is 11.4. The van der Waals surface area contributed by atoms with Crippen molar-refractivity contribution >= 4 is 16.6 Å². The molecule has 0 saturated heterocycles. The second-order valence-electron chi connectivity index (χ2n) is 5.58. The third-order valence-corrected chi connectivity index (χ3v) is 3.98. The Morgan fingerprint density at radius 1 is 1.16 bits per heavy atom. The number of pyridine rings is 1. The molecule has 0 unspecified atom stereocenters. The van der Waals surface area contributed by atoms with E-state index in [1.54, 1.807) is 0 Å². The van der Waals surface area contributed by atoms with Crippen LogP contribution in [-0.2, 0) is 0 Å². The van der Waals surface area contributed by atoms with Crippen LogP contribution in [0.1, 0.15) is 31.4 Å². The highest BCUT2D eigenvalue weighted by Gasteiger charge is 2.18. The Morgan fingerprint density at radius 2 is 1.89 bits per heavy atom. The largest absolute Gasteiger partial charge is 0.382 e. The van der Waals surface area contributed by atoms with Crippen LogP contribution in [0.2, 0.25) is 0 Å². The summed E-state index contributed by atoms with van der Waals surface area (Å²) >= 11 is 0. The Bertz CT molecular complexity index is 571. The lowest BCUT2D eigenvalue weighted by Gasteiger charge is -2.28. The predicted molar refractivity (Wildman–Crippen MR) is 80.3 cm³/mol. The molecule has 1 saturated carbocycles. The molecule has 1 aromatic heterocycles. The summed E-state index contributed by atoms with van der Waals surface area (Å²) in [6, 6.07) is 11.4. The summed E-state index contributed by atoms with van der Waals surface area (Å²) in [5.41, 5.74) is 9.31. The lowest BCUT2D eigenvalue weighted by atomic mass is 9.91. The Hall–Kier alpha value is -1.61. The van der Waals surface area contributed by atoms with Gasteiger partial charge >= 0.3 is 0 Å². The van der Waals surface area contributed by atoms with Crippen LogP contribution in [0.3, 0.4) is 0 Å². The van der Waals surface area contributed by atoms with Gasteiger partial charge in [-0.25, -0.2) is 0 Å². The number of hydrogen-bond donors (Lipinski definition) is 2. The van der Waals surface area contributed by atoms with E-state index in [0.717, 1.165) is 36.9 Å². The van der Waals surface area contributed by atoms with Gasteiger partial charge in [-0.1, -0.05) is 18.2 Å². The molecule has 1 heterocycles. The number of nitrogens with two attached hydrogens (primary N) is 1.